The van der Waals surface area contributed by atoms with Gasteiger partial charge in [-0.25, -0.2) is 9.67 Å². The van der Waals surface area contributed by atoms with E-state index in [0.717, 1.165) is 41.7 Å². The molecule has 1 saturated heterocycles. The highest BCUT2D eigenvalue weighted by Crippen LogP contribution is 2.29. The Morgan fingerprint density at radius 2 is 2.06 bits per heavy atom. The monoisotopic (exact) mass is 466 g/mol. The zero-order chi connectivity index (χ0) is 24.2. The molecule has 1 amide bonds. The number of carbonyl (C=O) groups is 1. The van der Waals surface area contributed by atoms with Crippen molar-refractivity contribution in [1.29, 1.82) is 0 Å². The van der Waals surface area contributed by atoms with Crippen LogP contribution in [0.1, 0.15) is 74.1 Å². The molecule has 1 aliphatic heterocycles. The highest BCUT2D eigenvalue weighted by Gasteiger charge is 2.20. The van der Waals surface area contributed by atoms with E-state index >= 15 is 0 Å². The van der Waals surface area contributed by atoms with Crippen LogP contribution in [0.4, 0.5) is 0 Å². The maximum atomic E-state index is 13.2. The molecule has 0 aliphatic carbocycles. The van der Waals surface area contributed by atoms with E-state index in [0.29, 0.717) is 30.2 Å². The smallest absolute Gasteiger partial charge is 0.252 e. The summed E-state index contributed by atoms with van der Waals surface area (Å²) in [6.07, 6.45) is 3.95. The Morgan fingerprint density at radius 1 is 1.24 bits per heavy atom. The van der Waals surface area contributed by atoms with E-state index in [2.05, 4.69) is 38.1 Å². The van der Waals surface area contributed by atoms with Crippen molar-refractivity contribution < 1.29 is 19.0 Å². The van der Waals surface area contributed by atoms with Gasteiger partial charge < -0.3 is 19.5 Å². The van der Waals surface area contributed by atoms with Crippen molar-refractivity contribution in [3.8, 4) is 11.5 Å². The minimum absolute atomic E-state index is 0.136. The Morgan fingerprint density at radius 3 is 2.74 bits per heavy atom. The summed E-state index contributed by atoms with van der Waals surface area (Å²) < 4.78 is 18.9. The summed E-state index contributed by atoms with van der Waals surface area (Å²) in [5.41, 5.74) is 3.11. The number of hydrogen-bond acceptors (Lipinski definition) is 6. The fourth-order valence-electron chi connectivity index (χ4n) is 4.08. The lowest BCUT2D eigenvalue weighted by Gasteiger charge is -2.15. The predicted octanol–water partition coefficient (Wildman–Crippen LogP) is 4.63. The van der Waals surface area contributed by atoms with Gasteiger partial charge in [0.1, 0.15) is 6.61 Å². The first-order valence-corrected chi connectivity index (χ1v) is 11.9. The third kappa shape index (κ3) is 5.17. The molecule has 1 atom stereocenters. The van der Waals surface area contributed by atoms with Gasteiger partial charge in [0.15, 0.2) is 17.1 Å². The molecule has 4 rings (SSSR count). The molecule has 182 valence electrons. The lowest BCUT2D eigenvalue weighted by Crippen LogP contribution is -2.23. The second kappa shape index (κ2) is 10.4. The normalized spacial score (nSPS) is 15.9. The number of carbonyl (C=O) groups excluding carboxylic acids is 1. The molecule has 3 heterocycles. The topological polar surface area (TPSA) is 87.5 Å². The number of aromatic nitrogens is 3. The van der Waals surface area contributed by atoms with Gasteiger partial charge in [0.2, 0.25) is 0 Å². The van der Waals surface area contributed by atoms with Crippen LogP contribution in [0.2, 0.25) is 0 Å². The number of amides is 1. The molecule has 1 aromatic carbocycles. The van der Waals surface area contributed by atoms with Gasteiger partial charge in [-0.2, -0.15) is 5.10 Å². The summed E-state index contributed by atoms with van der Waals surface area (Å²) in [5, 5.41) is 8.26. The second-order valence-corrected chi connectivity index (χ2v) is 9.28. The van der Waals surface area contributed by atoms with E-state index in [4.69, 9.17) is 19.2 Å². The highest BCUT2D eigenvalue weighted by molar-refractivity contribution is 6.05. The molecule has 1 unspecified atom stereocenters. The fraction of sp³-hybridized carbons (Fsp3) is 0.500. The van der Waals surface area contributed by atoms with Crippen LogP contribution in [0.5, 0.6) is 11.5 Å². The predicted molar refractivity (Wildman–Crippen MR) is 131 cm³/mol. The summed E-state index contributed by atoms with van der Waals surface area (Å²) in [6, 6.07) is 7.73. The number of benzene rings is 1. The second-order valence-electron chi connectivity index (χ2n) is 9.28. The first kappa shape index (κ1) is 24.0. The number of hydrogen-bond donors (Lipinski definition) is 1. The molecule has 34 heavy (non-hydrogen) atoms. The fourth-order valence-corrected chi connectivity index (χ4v) is 4.08. The summed E-state index contributed by atoms with van der Waals surface area (Å²) in [5.74, 6) is 1.34. The average Bonchev–Trinajstić information content (AvgIpc) is 3.50. The van der Waals surface area contributed by atoms with Gasteiger partial charge in [0.05, 0.1) is 30.4 Å². The molecule has 0 saturated carbocycles. The molecule has 0 spiro atoms. The molecule has 8 nitrogen and oxygen atoms in total. The lowest BCUT2D eigenvalue weighted by atomic mass is 10.0. The zero-order valence-corrected chi connectivity index (χ0v) is 20.6. The first-order valence-electron chi connectivity index (χ1n) is 11.9. The molecule has 0 bridgehead atoms. The molecule has 3 aromatic rings. The van der Waals surface area contributed by atoms with Crippen LogP contribution in [0.3, 0.4) is 0 Å². The van der Waals surface area contributed by atoms with Crippen molar-refractivity contribution in [2.45, 2.75) is 65.1 Å². The summed E-state index contributed by atoms with van der Waals surface area (Å²) in [4.78, 5) is 18.0. The van der Waals surface area contributed by atoms with E-state index in [-0.39, 0.29) is 24.0 Å². The first-order chi connectivity index (χ1) is 16.4. The van der Waals surface area contributed by atoms with E-state index in [1.165, 1.54) is 0 Å². The lowest BCUT2D eigenvalue weighted by molar-refractivity contribution is 0.0669. The summed E-state index contributed by atoms with van der Waals surface area (Å²) in [7, 11) is 1.62. The van der Waals surface area contributed by atoms with Crippen LogP contribution in [0, 0.1) is 0 Å². The Kier molecular flexibility index (Phi) is 7.36. The van der Waals surface area contributed by atoms with Crippen LogP contribution >= 0.6 is 0 Å². The molecular formula is C26H34N4O4. The van der Waals surface area contributed by atoms with Gasteiger partial charge in [0.25, 0.3) is 5.91 Å². The van der Waals surface area contributed by atoms with Crippen LogP contribution in [0.25, 0.3) is 11.0 Å². The van der Waals surface area contributed by atoms with Gasteiger partial charge in [-0.1, -0.05) is 19.9 Å². The Balaban J connectivity index is 1.50. The van der Waals surface area contributed by atoms with E-state index in [9.17, 15) is 4.79 Å². The van der Waals surface area contributed by atoms with E-state index in [1.807, 2.05) is 28.9 Å². The van der Waals surface area contributed by atoms with Gasteiger partial charge in [-0.05, 0) is 56.4 Å². The van der Waals surface area contributed by atoms with E-state index in [1.54, 1.807) is 13.3 Å². The molecule has 1 aliphatic rings. The van der Waals surface area contributed by atoms with E-state index < -0.39 is 0 Å². The van der Waals surface area contributed by atoms with Crippen LogP contribution in [-0.4, -0.2) is 47.1 Å². The maximum Gasteiger partial charge on any atom is 0.252 e. The molecule has 0 radical (unpaired) electrons. The van der Waals surface area contributed by atoms with Crippen LogP contribution < -0.4 is 14.8 Å². The van der Waals surface area contributed by atoms with Crippen LogP contribution in [-0.2, 0) is 11.3 Å². The van der Waals surface area contributed by atoms with Crippen molar-refractivity contribution in [2.24, 2.45) is 0 Å². The van der Waals surface area contributed by atoms with Gasteiger partial charge in [-0.3, -0.25) is 4.79 Å². The summed E-state index contributed by atoms with van der Waals surface area (Å²) >= 11 is 0. The molecule has 8 heteroatoms. The molecule has 1 N–H and O–H groups in total. The van der Waals surface area contributed by atoms with Crippen molar-refractivity contribution in [2.75, 3.05) is 20.3 Å². The van der Waals surface area contributed by atoms with Crippen molar-refractivity contribution >= 4 is 16.9 Å². The largest absolute Gasteiger partial charge is 0.493 e. The molecular weight excluding hydrogens is 432 g/mol. The number of fused-ring (bicyclic) bond motifs is 1. The average molecular weight is 467 g/mol. The number of ether oxygens (including phenoxy) is 3. The Hall–Kier alpha value is -3.13. The highest BCUT2D eigenvalue weighted by atomic mass is 16.5. The number of nitrogens with one attached hydrogen (secondary N) is 1. The standard InChI is InChI=1S/C26H34N4O4/c1-16(2)22-12-20(21-14-28-30(17(3)4)25(21)29-22)26(31)27-13-18-8-9-23(24(11-18)32-5)34-15-19-7-6-10-33-19/h8-9,11-12,14,16-17,19H,6-7,10,13,15H2,1-5H3,(H,27,31). The minimum atomic E-state index is -0.157. The number of nitrogens with zero attached hydrogens (tertiary/aromatic N) is 3. The Bertz CT molecular complexity index is 1150. The number of pyridine rings is 1. The molecule has 1 fully saturated rings. The number of methoxy groups -OCH3 is 1. The Labute approximate surface area is 200 Å². The quantitative estimate of drug-likeness (QED) is 0.495. The zero-order valence-electron chi connectivity index (χ0n) is 20.6. The van der Waals surface area contributed by atoms with Crippen molar-refractivity contribution in [3.05, 3.63) is 47.3 Å². The molecule has 2 aromatic heterocycles. The van der Waals surface area contributed by atoms with Gasteiger partial charge >= 0.3 is 0 Å². The summed E-state index contributed by atoms with van der Waals surface area (Å²) in [6.45, 7) is 9.91. The maximum absolute atomic E-state index is 13.2. The third-order valence-electron chi connectivity index (χ3n) is 6.04. The van der Waals surface area contributed by atoms with Gasteiger partial charge in [-0.15, -0.1) is 0 Å². The van der Waals surface area contributed by atoms with Gasteiger partial charge in [0, 0.05) is 24.9 Å². The van der Waals surface area contributed by atoms with Crippen molar-refractivity contribution in [1.82, 2.24) is 20.1 Å². The minimum Gasteiger partial charge on any atom is -0.493 e. The SMILES string of the molecule is COc1cc(CNC(=O)c2cc(C(C)C)nc3c2cnn3C(C)C)ccc1OCC1CCCO1. The van der Waals surface area contributed by atoms with Crippen LogP contribution in [0.15, 0.2) is 30.5 Å². The third-order valence-corrected chi connectivity index (χ3v) is 6.04. The number of rotatable bonds is 9. The van der Waals surface area contributed by atoms with Crippen molar-refractivity contribution in [3.63, 3.8) is 0 Å².